The Morgan fingerprint density at radius 2 is 2.31 bits per heavy atom. The average molecular weight is 302 g/mol. The van der Waals surface area contributed by atoms with Gasteiger partial charge in [0.25, 0.3) is 5.91 Å². The van der Waals surface area contributed by atoms with Crippen LogP contribution >= 0.6 is 27.7 Å². The molecule has 0 radical (unpaired) electrons. The summed E-state index contributed by atoms with van der Waals surface area (Å²) in [5, 5.41) is 3.69. The minimum absolute atomic E-state index is 0.0134. The Balaban J connectivity index is 2.46. The smallest absolute Gasteiger partial charge is 0.251 e. The SMILES string of the molecule is CCSCCNC(=O)c1cccc(CBr)c1. The highest BCUT2D eigenvalue weighted by atomic mass is 79.9. The first-order valence-electron chi connectivity index (χ1n) is 5.28. The van der Waals surface area contributed by atoms with E-state index in [1.165, 1.54) is 0 Å². The molecule has 0 heterocycles. The largest absolute Gasteiger partial charge is 0.351 e. The van der Waals surface area contributed by atoms with Crippen LogP contribution in [-0.2, 0) is 5.33 Å². The third-order valence-corrected chi connectivity index (χ3v) is 3.63. The van der Waals surface area contributed by atoms with Gasteiger partial charge in [-0.1, -0.05) is 35.0 Å². The summed E-state index contributed by atoms with van der Waals surface area (Å²) in [5.41, 5.74) is 1.86. The molecule has 1 aromatic rings. The first kappa shape index (κ1) is 13.6. The quantitative estimate of drug-likeness (QED) is 0.646. The molecule has 0 aliphatic carbocycles. The van der Waals surface area contributed by atoms with E-state index in [0.29, 0.717) is 0 Å². The van der Waals surface area contributed by atoms with Crippen LogP contribution in [-0.4, -0.2) is 24.0 Å². The van der Waals surface area contributed by atoms with E-state index >= 15 is 0 Å². The number of carbonyl (C=O) groups excluding carboxylic acids is 1. The van der Waals surface area contributed by atoms with Gasteiger partial charge in [-0.15, -0.1) is 0 Å². The number of alkyl halides is 1. The van der Waals surface area contributed by atoms with Crippen LogP contribution in [0.5, 0.6) is 0 Å². The van der Waals surface area contributed by atoms with Crippen molar-refractivity contribution in [1.29, 1.82) is 0 Å². The highest BCUT2D eigenvalue weighted by Crippen LogP contribution is 2.08. The zero-order chi connectivity index (χ0) is 11.8. The van der Waals surface area contributed by atoms with E-state index in [9.17, 15) is 4.79 Å². The van der Waals surface area contributed by atoms with Gasteiger partial charge in [0.05, 0.1) is 0 Å². The molecule has 4 heteroatoms. The van der Waals surface area contributed by atoms with Crippen molar-refractivity contribution < 1.29 is 4.79 Å². The number of rotatable bonds is 6. The fraction of sp³-hybridized carbons (Fsp3) is 0.417. The summed E-state index contributed by atoms with van der Waals surface area (Å²) in [6, 6.07) is 7.66. The number of thioether (sulfide) groups is 1. The summed E-state index contributed by atoms with van der Waals surface area (Å²) in [6.07, 6.45) is 0. The first-order valence-corrected chi connectivity index (χ1v) is 7.56. The molecule has 0 saturated heterocycles. The topological polar surface area (TPSA) is 29.1 Å². The molecule has 0 aromatic heterocycles. The van der Waals surface area contributed by atoms with Gasteiger partial charge in [0, 0.05) is 23.2 Å². The van der Waals surface area contributed by atoms with Crippen molar-refractivity contribution in [3.63, 3.8) is 0 Å². The van der Waals surface area contributed by atoms with Gasteiger partial charge in [0.2, 0.25) is 0 Å². The van der Waals surface area contributed by atoms with Crippen molar-refractivity contribution in [3.05, 3.63) is 35.4 Å². The van der Waals surface area contributed by atoms with Crippen LogP contribution in [0.25, 0.3) is 0 Å². The fourth-order valence-corrected chi connectivity index (χ4v) is 2.16. The lowest BCUT2D eigenvalue weighted by atomic mass is 10.1. The van der Waals surface area contributed by atoms with E-state index in [4.69, 9.17) is 0 Å². The number of halogens is 1. The lowest BCUT2D eigenvalue weighted by molar-refractivity contribution is 0.0956. The van der Waals surface area contributed by atoms with Crippen LogP contribution in [0.1, 0.15) is 22.8 Å². The molecule has 1 rings (SSSR count). The molecule has 0 bridgehead atoms. The van der Waals surface area contributed by atoms with Gasteiger partial charge in [-0.25, -0.2) is 0 Å². The molecule has 0 aliphatic rings. The lowest BCUT2D eigenvalue weighted by Gasteiger charge is -2.05. The molecule has 0 saturated carbocycles. The van der Waals surface area contributed by atoms with Gasteiger partial charge in [-0.2, -0.15) is 11.8 Å². The molecule has 0 unspecified atom stereocenters. The van der Waals surface area contributed by atoms with Crippen LogP contribution in [0.4, 0.5) is 0 Å². The maximum absolute atomic E-state index is 11.7. The molecular weight excluding hydrogens is 286 g/mol. The summed E-state index contributed by atoms with van der Waals surface area (Å²) in [5.74, 6) is 2.08. The summed E-state index contributed by atoms with van der Waals surface area (Å²) >= 11 is 5.21. The molecule has 1 amide bonds. The average Bonchev–Trinajstić information content (AvgIpc) is 2.34. The first-order chi connectivity index (χ1) is 7.77. The molecule has 1 N–H and O–H groups in total. The molecule has 16 heavy (non-hydrogen) atoms. The fourth-order valence-electron chi connectivity index (χ4n) is 1.28. The van der Waals surface area contributed by atoms with Crippen molar-refractivity contribution in [3.8, 4) is 0 Å². The second-order valence-corrected chi connectivity index (χ2v) is 5.24. The lowest BCUT2D eigenvalue weighted by Crippen LogP contribution is -2.25. The Morgan fingerprint density at radius 1 is 1.50 bits per heavy atom. The number of hydrogen-bond donors (Lipinski definition) is 1. The van der Waals surface area contributed by atoms with Gasteiger partial charge in [-0.3, -0.25) is 4.79 Å². The Labute approximate surface area is 109 Å². The van der Waals surface area contributed by atoms with Gasteiger partial charge < -0.3 is 5.32 Å². The van der Waals surface area contributed by atoms with Crippen LogP contribution in [0, 0.1) is 0 Å². The van der Waals surface area contributed by atoms with E-state index in [0.717, 1.165) is 34.5 Å². The highest BCUT2D eigenvalue weighted by Gasteiger charge is 2.04. The summed E-state index contributed by atoms with van der Waals surface area (Å²) in [4.78, 5) is 11.7. The highest BCUT2D eigenvalue weighted by molar-refractivity contribution is 9.08. The zero-order valence-corrected chi connectivity index (χ0v) is 11.7. The molecule has 1 aromatic carbocycles. The van der Waals surface area contributed by atoms with Crippen molar-refractivity contribution in [2.75, 3.05) is 18.1 Å². The number of benzene rings is 1. The summed E-state index contributed by atoms with van der Waals surface area (Å²) < 4.78 is 0. The standard InChI is InChI=1S/C12H16BrNOS/c1-2-16-7-6-14-12(15)11-5-3-4-10(8-11)9-13/h3-5,8H,2,6-7,9H2,1H3,(H,14,15). The van der Waals surface area contributed by atoms with Crippen molar-refractivity contribution in [1.82, 2.24) is 5.32 Å². The van der Waals surface area contributed by atoms with Crippen molar-refractivity contribution >= 4 is 33.6 Å². The third kappa shape index (κ3) is 4.58. The van der Waals surface area contributed by atoms with Crippen LogP contribution < -0.4 is 5.32 Å². The van der Waals surface area contributed by atoms with Gasteiger partial charge >= 0.3 is 0 Å². The second-order valence-electron chi connectivity index (χ2n) is 3.29. The molecule has 0 atom stereocenters. The van der Waals surface area contributed by atoms with E-state index in [-0.39, 0.29) is 5.91 Å². The number of hydrogen-bond acceptors (Lipinski definition) is 2. The Hall–Kier alpha value is -0.480. The molecule has 2 nitrogen and oxygen atoms in total. The Morgan fingerprint density at radius 3 is 3.00 bits per heavy atom. The maximum Gasteiger partial charge on any atom is 0.251 e. The molecular formula is C12H16BrNOS. The molecule has 0 aliphatic heterocycles. The Bertz CT molecular complexity index is 344. The van der Waals surface area contributed by atoms with Gasteiger partial charge in [0.1, 0.15) is 0 Å². The summed E-state index contributed by atoms with van der Waals surface area (Å²) in [7, 11) is 0. The normalized spacial score (nSPS) is 10.1. The monoisotopic (exact) mass is 301 g/mol. The zero-order valence-electron chi connectivity index (χ0n) is 9.33. The van der Waals surface area contributed by atoms with Crippen molar-refractivity contribution in [2.24, 2.45) is 0 Å². The van der Waals surface area contributed by atoms with E-state index in [2.05, 4.69) is 28.2 Å². The van der Waals surface area contributed by atoms with E-state index in [1.807, 2.05) is 36.0 Å². The van der Waals surface area contributed by atoms with Gasteiger partial charge in [-0.05, 0) is 23.4 Å². The van der Waals surface area contributed by atoms with Crippen LogP contribution in [0.2, 0.25) is 0 Å². The van der Waals surface area contributed by atoms with E-state index in [1.54, 1.807) is 0 Å². The minimum Gasteiger partial charge on any atom is -0.351 e. The number of amides is 1. The summed E-state index contributed by atoms with van der Waals surface area (Å²) in [6.45, 7) is 2.85. The molecule has 0 fully saturated rings. The van der Waals surface area contributed by atoms with E-state index < -0.39 is 0 Å². The Kier molecular flexibility index (Phi) is 6.57. The van der Waals surface area contributed by atoms with Gasteiger partial charge in [0.15, 0.2) is 0 Å². The van der Waals surface area contributed by atoms with Crippen molar-refractivity contribution in [2.45, 2.75) is 12.3 Å². The predicted molar refractivity (Wildman–Crippen MR) is 74.4 cm³/mol. The van der Waals surface area contributed by atoms with Crippen LogP contribution in [0.3, 0.4) is 0 Å². The second kappa shape index (κ2) is 7.74. The number of carbonyl (C=O) groups is 1. The van der Waals surface area contributed by atoms with Crippen LogP contribution in [0.15, 0.2) is 24.3 Å². The third-order valence-electron chi connectivity index (χ3n) is 2.08. The maximum atomic E-state index is 11.7. The minimum atomic E-state index is 0.0134. The number of nitrogens with one attached hydrogen (secondary N) is 1. The molecule has 0 spiro atoms. The molecule has 88 valence electrons. The predicted octanol–water partition coefficient (Wildman–Crippen LogP) is 3.06.